The van der Waals surface area contributed by atoms with Gasteiger partial charge < -0.3 is 19.5 Å². The molecule has 1 heterocycles. The summed E-state index contributed by atoms with van der Waals surface area (Å²) >= 11 is 3.55. The van der Waals surface area contributed by atoms with E-state index in [4.69, 9.17) is 14.2 Å². The predicted molar refractivity (Wildman–Crippen MR) is 91.6 cm³/mol. The third-order valence-electron chi connectivity index (χ3n) is 3.65. The van der Waals surface area contributed by atoms with Gasteiger partial charge in [0.05, 0.1) is 18.2 Å². The fraction of sp³-hybridized carbons (Fsp3) is 0.529. The van der Waals surface area contributed by atoms with Crippen LogP contribution in [-0.2, 0) is 11.3 Å². The second-order valence-corrected chi connectivity index (χ2v) is 6.28. The summed E-state index contributed by atoms with van der Waals surface area (Å²) < 4.78 is 17.5. The number of halogens is 1. The van der Waals surface area contributed by atoms with E-state index >= 15 is 0 Å². The van der Waals surface area contributed by atoms with Crippen LogP contribution in [0.4, 0.5) is 0 Å². The first-order chi connectivity index (χ1) is 10.7. The van der Waals surface area contributed by atoms with Crippen molar-refractivity contribution in [2.75, 3.05) is 33.5 Å². The highest BCUT2D eigenvalue weighted by Gasteiger charge is 2.14. The lowest BCUT2D eigenvalue weighted by Crippen LogP contribution is -2.28. The van der Waals surface area contributed by atoms with Gasteiger partial charge in [-0.1, -0.05) is 12.7 Å². The van der Waals surface area contributed by atoms with Crippen LogP contribution in [0, 0.1) is 5.92 Å². The predicted octanol–water partition coefficient (Wildman–Crippen LogP) is 3.54. The Labute approximate surface area is 141 Å². The van der Waals surface area contributed by atoms with Crippen molar-refractivity contribution in [2.24, 2.45) is 5.92 Å². The Kier molecular flexibility index (Phi) is 7.22. The van der Waals surface area contributed by atoms with Gasteiger partial charge in [-0.25, -0.2) is 0 Å². The molecule has 1 aliphatic rings. The molecule has 0 spiro atoms. The Hall–Kier alpha value is -1.04. The molecule has 1 aromatic carbocycles. The first-order valence-corrected chi connectivity index (χ1v) is 8.42. The smallest absolute Gasteiger partial charge is 0.175 e. The van der Waals surface area contributed by atoms with Gasteiger partial charge in [0.25, 0.3) is 0 Å². The first kappa shape index (κ1) is 17.3. The molecule has 2 rings (SSSR count). The van der Waals surface area contributed by atoms with E-state index in [2.05, 4.69) is 33.9 Å². The van der Waals surface area contributed by atoms with Crippen LogP contribution < -0.4 is 14.8 Å². The van der Waals surface area contributed by atoms with Gasteiger partial charge in [0.1, 0.15) is 6.61 Å². The van der Waals surface area contributed by atoms with E-state index in [0.29, 0.717) is 18.3 Å². The van der Waals surface area contributed by atoms with E-state index in [9.17, 15) is 0 Å². The first-order valence-electron chi connectivity index (χ1n) is 7.63. The minimum atomic E-state index is 0.453. The Morgan fingerprint density at radius 1 is 1.50 bits per heavy atom. The molecule has 22 heavy (non-hydrogen) atoms. The third-order valence-corrected chi connectivity index (χ3v) is 4.24. The highest BCUT2D eigenvalue weighted by molar-refractivity contribution is 9.10. The average molecular weight is 370 g/mol. The summed E-state index contributed by atoms with van der Waals surface area (Å²) in [5.74, 6) is 2.06. The third kappa shape index (κ3) is 5.00. The van der Waals surface area contributed by atoms with E-state index in [-0.39, 0.29) is 0 Å². The summed E-state index contributed by atoms with van der Waals surface area (Å²) in [5, 5.41) is 3.50. The largest absolute Gasteiger partial charge is 0.493 e. The molecule has 122 valence electrons. The van der Waals surface area contributed by atoms with Crippen LogP contribution >= 0.6 is 15.9 Å². The van der Waals surface area contributed by atoms with Crippen molar-refractivity contribution >= 4 is 15.9 Å². The van der Waals surface area contributed by atoms with Crippen molar-refractivity contribution in [3.63, 3.8) is 0 Å². The van der Waals surface area contributed by atoms with E-state index in [1.165, 1.54) is 12.8 Å². The Morgan fingerprint density at radius 2 is 2.36 bits per heavy atom. The molecule has 1 aromatic rings. The minimum Gasteiger partial charge on any atom is -0.493 e. The van der Waals surface area contributed by atoms with Crippen molar-refractivity contribution in [3.8, 4) is 11.5 Å². The van der Waals surface area contributed by atoms with Gasteiger partial charge >= 0.3 is 0 Å². The van der Waals surface area contributed by atoms with Gasteiger partial charge in [-0.15, -0.1) is 0 Å². The number of hydrogen-bond acceptors (Lipinski definition) is 4. The van der Waals surface area contributed by atoms with E-state index in [1.807, 2.05) is 6.07 Å². The number of ether oxygens (including phenoxy) is 3. The maximum atomic E-state index is 5.64. The summed E-state index contributed by atoms with van der Waals surface area (Å²) in [6, 6.07) is 4.07. The van der Waals surface area contributed by atoms with Crippen LogP contribution in [0.25, 0.3) is 0 Å². The number of methoxy groups -OCH3 is 1. The van der Waals surface area contributed by atoms with Gasteiger partial charge in [0, 0.05) is 19.7 Å². The number of rotatable bonds is 8. The molecule has 1 atom stereocenters. The number of hydrogen-bond donors (Lipinski definition) is 1. The topological polar surface area (TPSA) is 39.7 Å². The van der Waals surface area contributed by atoms with Crippen molar-refractivity contribution in [1.29, 1.82) is 0 Å². The Morgan fingerprint density at radius 3 is 3.05 bits per heavy atom. The van der Waals surface area contributed by atoms with Crippen molar-refractivity contribution in [3.05, 3.63) is 34.8 Å². The van der Waals surface area contributed by atoms with Crippen LogP contribution in [0.1, 0.15) is 18.4 Å². The summed E-state index contributed by atoms with van der Waals surface area (Å²) in [6.45, 7) is 7.67. The summed E-state index contributed by atoms with van der Waals surface area (Å²) in [5.41, 5.74) is 1.16. The SMILES string of the molecule is C=CCOc1c(Br)cc(CNCC2CCCOC2)cc1OC. The van der Waals surface area contributed by atoms with E-state index in [1.54, 1.807) is 13.2 Å². The molecule has 0 amide bonds. The normalized spacial score (nSPS) is 18.0. The highest BCUT2D eigenvalue weighted by Crippen LogP contribution is 2.36. The molecule has 0 bridgehead atoms. The van der Waals surface area contributed by atoms with Crippen LogP contribution in [0.15, 0.2) is 29.3 Å². The lowest BCUT2D eigenvalue weighted by atomic mass is 10.0. The van der Waals surface area contributed by atoms with Crippen LogP contribution in [0.2, 0.25) is 0 Å². The zero-order valence-corrected chi connectivity index (χ0v) is 14.7. The Balaban J connectivity index is 1.92. The zero-order valence-electron chi connectivity index (χ0n) is 13.1. The standard InChI is InChI=1S/C17H24BrNO3/c1-3-6-22-17-15(18)8-14(9-16(17)20-2)11-19-10-13-5-4-7-21-12-13/h3,8-9,13,19H,1,4-7,10-12H2,2H3. The fourth-order valence-corrected chi connectivity index (χ4v) is 3.15. The quantitative estimate of drug-likeness (QED) is 0.711. The molecule has 1 saturated heterocycles. The second-order valence-electron chi connectivity index (χ2n) is 5.42. The molecule has 1 unspecified atom stereocenters. The second kappa shape index (κ2) is 9.18. The molecule has 4 nitrogen and oxygen atoms in total. The van der Waals surface area contributed by atoms with Crippen molar-refractivity contribution in [2.45, 2.75) is 19.4 Å². The summed E-state index contributed by atoms with van der Waals surface area (Å²) in [4.78, 5) is 0. The van der Waals surface area contributed by atoms with E-state index < -0.39 is 0 Å². The lowest BCUT2D eigenvalue weighted by molar-refractivity contribution is 0.0547. The van der Waals surface area contributed by atoms with Crippen LogP contribution in [0.5, 0.6) is 11.5 Å². The van der Waals surface area contributed by atoms with Gasteiger partial charge in [-0.2, -0.15) is 0 Å². The maximum absolute atomic E-state index is 5.64. The van der Waals surface area contributed by atoms with Gasteiger partial charge in [-0.3, -0.25) is 0 Å². The molecule has 0 radical (unpaired) electrons. The zero-order chi connectivity index (χ0) is 15.8. The van der Waals surface area contributed by atoms with Gasteiger partial charge in [0.15, 0.2) is 11.5 Å². The molecule has 0 aromatic heterocycles. The Bertz CT molecular complexity index is 487. The molecule has 0 aliphatic carbocycles. The highest BCUT2D eigenvalue weighted by atomic mass is 79.9. The minimum absolute atomic E-state index is 0.453. The summed E-state index contributed by atoms with van der Waals surface area (Å²) in [7, 11) is 1.65. The molecule has 5 heteroatoms. The van der Waals surface area contributed by atoms with E-state index in [0.717, 1.165) is 42.1 Å². The molecule has 0 saturated carbocycles. The van der Waals surface area contributed by atoms with Gasteiger partial charge in [-0.05, 0) is 52.4 Å². The average Bonchev–Trinajstić information content (AvgIpc) is 2.54. The molecular formula is C17H24BrNO3. The molecular weight excluding hydrogens is 346 g/mol. The summed E-state index contributed by atoms with van der Waals surface area (Å²) in [6.07, 6.45) is 4.13. The number of benzene rings is 1. The molecule has 1 aliphatic heterocycles. The van der Waals surface area contributed by atoms with Crippen molar-refractivity contribution in [1.82, 2.24) is 5.32 Å². The lowest BCUT2D eigenvalue weighted by Gasteiger charge is -2.22. The maximum Gasteiger partial charge on any atom is 0.175 e. The number of nitrogens with one attached hydrogen (secondary N) is 1. The van der Waals surface area contributed by atoms with Crippen LogP contribution in [0.3, 0.4) is 0 Å². The van der Waals surface area contributed by atoms with Gasteiger partial charge in [0.2, 0.25) is 0 Å². The monoisotopic (exact) mass is 369 g/mol. The van der Waals surface area contributed by atoms with Crippen molar-refractivity contribution < 1.29 is 14.2 Å². The fourth-order valence-electron chi connectivity index (χ4n) is 2.55. The molecule has 1 N–H and O–H groups in total. The molecule has 1 fully saturated rings. The van der Waals surface area contributed by atoms with Crippen LogP contribution in [-0.4, -0.2) is 33.5 Å².